The molecule has 0 aromatic carbocycles. The minimum Gasteiger partial charge on any atom is -0.480 e. The zero-order valence-electron chi connectivity index (χ0n) is 21.8. The van der Waals surface area contributed by atoms with Crippen LogP contribution in [0, 0.1) is 0 Å². The molecule has 0 spiro atoms. The van der Waals surface area contributed by atoms with Crippen molar-refractivity contribution < 1.29 is 49.8 Å². The van der Waals surface area contributed by atoms with E-state index in [1.165, 1.54) is 0 Å². The van der Waals surface area contributed by atoms with Crippen LogP contribution in [0.2, 0.25) is 0 Å². The first-order valence-electron chi connectivity index (χ1n) is 11.8. The van der Waals surface area contributed by atoms with Crippen LogP contribution >= 0.6 is 0 Å². The van der Waals surface area contributed by atoms with Gasteiger partial charge in [-0.2, -0.15) is 0 Å². The number of guanidine groups is 1. The van der Waals surface area contributed by atoms with Crippen molar-refractivity contribution in [1.29, 1.82) is 0 Å². The summed E-state index contributed by atoms with van der Waals surface area (Å²) in [6, 6.07) is -3.48. The second-order valence-electron chi connectivity index (χ2n) is 7.77. The number of nitrogens with zero attached hydrogens (tertiary/aromatic N) is 1. The molecule has 0 saturated carbocycles. The molecule has 18 N–H and O–H groups in total. The molecule has 17 heteroatoms. The maximum absolute atomic E-state index is 10.3. The van der Waals surface area contributed by atoms with Gasteiger partial charge in [0.1, 0.15) is 24.2 Å². The third kappa shape index (κ3) is 35.1. The van der Waals surface area contributed by atoms with Gasteiger partial charge in [0.15, 0.2) is 5.96 Å². The van der Waals surface area contributed by atoms with E-state index < -0.39 is 54.7 Å². The number of rotatable bonds is 16. The fraction of sp³-hybridized carbons (Fsp3) is 0.762. The van der Waals surface area contributed by atoms with Gasteiger partial charge in [0.05, 0.1) is 6.61 Å². The van der Waals surface area contributed by atoms with E-state index in [0.29, 0.717) is 25.8 Å². The summed E-state index contributed by atoms with van der Waals surface area (Å²) in [6.07, 6.45) is 5.73. The number of nitrogens with two attached hydrogens (primary N) is 6. The van der Waals surface area contributed by atoms with E-state index >= 15 is 0 Å². The molecule has 0 rings (SSSR count). The molecule has 0 bridgehead atoms. The number of carboxylic acids is 4. The molecule has 0 fully saturated rings. The van der Waals surface area contributed by atoms with Crippen LogP contribution in [0.1, 0.15) is 58.3 Å². The molecule has 0 unspecified atom stereocenters. The summed E-state index contributed by atoms with van der Waals surface area (Å²) in [5.41, 5.74) is 30.4. The normalized spacial score (nSPS) is 12.8. The summed E-state index contributed by atoms with van der Waals surface area (Å²) in [7, 11) is 0. The Bertz CT molecular complexity index is 664. The molecule has 0 saturated heterocycles. The van der Waals surface area contributed by atoms with E-state index in [4.69, 9.17) is 65.0 Å². The average Bonchev–Trinajstić information content (AvgIpc) is 2.84. The summed E-state index contributed by atoms with van der Waals surface area (Å²) in [6.45, 7) is 1.92. The first-order valence-corrected chi connectivity index (χ1v) is 11.8. The average molecular weight is 558 g/mol. The van der Waals surface area contributed by atoms with Crippen LogP contribution in [0.15, 0.2) is 4.99 Å². The highest BCUT2D eigenvalue weighted by atomic mass is 16.4. The molecule has 17 nitrogen and oxygen atoms in total. The Morgan fingerprint density at radius 2 is 1.00 bits per heavy atom. The minimum atomic E-state index is -1.18. The number of carbonyl (C=O) groups is 4. The van der Waals surface area contributed by atoms with Crippen molar-refractivity contribution in [3.8, 4) is 0 Å². The molecule has 38 heavy (non-hydrogen) atoms. The van der Waals surface area contributed by atoms with Gasteiger partial charge in [0.25, 0.3) is 0 Å². The standard InChI is InChI=1S/C7H16N4O2.C7H15NO2.C4H9NO3.C3H7NO3/c8-5(6(12)13)3-1-2-4-11-7(9)10;1-2-3-4-5-6(8)7(9)10;5-3(1-2-6)4(7)8;4-2(1-5)3(6)7/h5H,1-4,8H2,(H,12,13)(H4,9,10,11);6H,2-5,8H2,1H3,(H,9,10);3,6H,1-2,5H2,(H,7,8);2,5H,1,4H2,(H,6,7)/t5-;6-;3-;2-/m0001/s1. The van der Waals surface area contributed by atoms with E-state index in [-0.39, 0.29) is 19.0 Å². The minimum absolute atomic E-state index is 0.0579. The van der Waals surface area contributed by atoms with E-state index in [1.54, 1.807) is 0 Å². The number of aliphatic hydroxyl groups excluding tert-OH is 2. The van der Waals surface area contributed by atoms with E-state index in [0.717, 1.165) is 25.7 Å². The lowest BCUT2D eigenvalue weighted by Crippen LogP contribution is -2.33. The Labute approximate surface area is 221 Å². The highest BCUT2D eigenvalue weighted by Gasteiger charge is 2.10. The Balaban J connectivity index is -0.000000209. The maximum Gasteiger partial charge on any atom is 0.322 e. The van der Waals surface area contributed by atoms with Crippen molar-refractivity contribution in [2.24, 2.45) is 39.4 Å². The molecular weight excluding hydrogens is 510 g/mol. The molecule has 0 aliphatic carbocycles. The van der Waals surface area contributed by atoms with Gasteiger partial charge < -0.3 is 65.0 Å². The SMILES string of the molecule is CCCCC[C@H](N)C(=O)O.NC(N)=NCCCC[C@H](N)C(=O)O.N[C@@H](CCO)C(=O)O.N[C@H](CO)C(=O)O. The van der Waals surface area contributed by atoms with Crippen LogP contribution in [0.5, 0.6) is 0 Å². The fourth-order valence-corrected chi connectivity index (χ4v) is 1.89. The molecule has 0 aliphatic rings. The van der Waals surface area contributed by atoms with Crippen LogP contribution in [0.4, 0.5) is 0 Å². The molecule has 0 aromatic heterocycles. The molecule has 0 radical (unpaired) electrons. The quantitative estimate of drug-likeness (QED) is 0.0510. The maximum atomic E-state index is 10.3. The summed E-state index contributed by atoms with van der Waals surface area (Å²) < 4.78 is 0. The van der Waals surface area contributed by atoms with Crippen LogP contribution in [-0.2, 0) is 19.2 Å². The Hall–Kier alpha value is -3.09. The molecule has 226 valence electrons. The van der Waals surface area contributed by atoms with Crippen molar-refractivity contribution >= 4 is 29.8 Å². The predicted octanol–water partition coefficient (Wildman–Crippen LogP) is -3.01. The van der Waals surface area contributed by atoms with E-state index in [9.17, 15) is 19.2 Å². The number of aliphatic hydroxyl groups is 2. The van der Waals surface area contributed by atoms with Gasteiger partial charge in [-0.05, 0) is 32.1 Å². The third-order valence-corrected chi connectivity index (χ3v) is 4.24. The number of aliphatic imine (C=N–C) groups is 1. The fourth-order valence-electron chi connectivity index (χ4n) is 1.89. The zero-order valence-corrected chi connectivity index (χ0v) is 21.8. The second kappa shape index (κ2) is 28.5. The molecule has 4 atom stereocenters. The second-order valence-corrected chi connectivity index (χ2v) is 7.77. The first kappa shape index (κ1) is 42.0. The highest BCUT2D eigenvalue weighted by molar-refractivity contribution is 5.75. The monoisotopic (exact) mass is 557 g/mol. The van der Waals surface area contributed by atoms with Crippen LogP contribution in [0.3, 0.4) is 0 Å². The van der Waals surface area contributed by atoms with Crippen LogP contribution < -0.4 is 34.4 Å². The summed E-state index contributed by atoms with van der Waals surface area (Å²) in [4.78, 5) is 43.7. The molecule has 0 amide bonds. The van der Waals surface area contributed by atoms with Crippen molar-refractivity contribution in [1.82, 2.24) is 0 Å². The summed E-state index contributed by atoms with van der Waals surface area (Å²) in [5.74, 6) is -4.05. The Morgan fingerprint density at radius 1 is 0.632 bits per heavy atom. The lowest BCUT2D eigenvalue weighted by atomic mass is 10.1. The number of hydrogen-bond donors (Lipinski definition) is 12. The first-order chi connectivity index (χ1) is 17.6. The molecule has 0 aliphatic heterocycles. The van der Waals surface area contributed by atoms with Crippen molar-refractivity contribution in [3.63, 3.8) is 0 Å². The summed E-state index contributed by atoms with van der Waals surface area (Å²) >= 11 is 0. The Morgan fingerprint density at radius 3 is 1.24 bits per heavy atom. The largest absolute Gasteiger partial charge is 0.480 e. The van der Waals surface area contributed by atoms with Gasteiger partial charge in [-0.3, -0.25) is 24.2 Å². The number of hydrogen-bond acceptors (Lipinski definition) is 11. The molecule has 0 aromatic rings. The lowest BCUT2D eigenvalue weighted by Gasteiger charge is -2.04. The van der Waals surface area contributed by atoms with Gasteiger partial charge in [-0.1, -0.05) is 26.2 Å². The van der Waals surface area contributed by atoms with Crippen molar-refractivity contribution in [2.45, 2.75) is 82.5 Å². The molecular formula is C21H47N7O10. The molecule has 0 heterocycles. The summed E-state index contributed by atoms with van der Waals surface area (Å²) in [5, 5.41) is 48.9. The third-order valence-electron chi connectivity index (χ3n) is 4.24. The van der Waals surface area contributed by atoms with Crippen molar-refractivity contribution in [3.05, 3.63) is 0 Å². The smallest absolute Gasteiger partial charge is 0.322 e. The van der Waals surface area contributed by atoms with Crippen LogP contribution in [0.25, 0.3) is 0 Å². The number of aliphatic carboxylic acids is 4. The van der Waals surface area contributed by atoms with E-state index in [2.05, 4.69) is 11.9 Å². The topological polar surface area (TPSA) is 358 Å². The number of carboxylic acid groups (broad SMARTS) is 4. The highest BCUT2D eigenvalue weighted by Crippen LogP contribution is 2.01. The zero-order chi connectivity index (χ0) is 30.7. The Kier molecular flexibility index (Phi) is 31.5. The lowest BCUT2D eigenvalue weighted by molar-refractivity contribution is -0.140. The van der Waals surface area contributed by atoms with E-state index in [1.807, 2.05) is 0 Å². The van der Waals surface area contributed by atoms with Gasteiger partial charge >= 0.3 is 23.9 Å². The van der Waals surface area contributed by atoms with Gasteiger partial charge in [0, 0.05) is 13.2 Å². The van der Waals surface area contributed by atoms with Crippen molar-refractivity contribution in [2.75, 3.05) is 19.8 Å². The predicted molar refractivity (Wildman–Crippen MR) is 140 cm³/mol. The van der Waals surface area contributed by atoms with Crippen LogP contribution in [-0.4, -0.2) is 104 Å². The number of unbranched alkanes of at least 4 members (excludes halogenated alkanes) is 3. The van der Waals surface area contributed by atoms with Gasteiger partial charge in [-0.15, -0.1) is 0 Å². The van der Waals surface area contributed by atoms with Gasteiger partial charge in [-0.25, -0.2) is 0 Å². The van der Waals surface area contributed by atoms with Gasteiger partial charge in [0.2, 0.25) is 0 Å².